The van der Waals surface area contributed by atoms with Crippen LogP contribution in [0.25, 0.3) is 0 Å². The first-order chi connectivity index (χ1) is 13.7. The fourth-order valence-corrected chi connectivity index (χ4v) is 3.89. The molecule has 3 rings (SSSR count). The lowest BCUT2D eigenvalue weighted by Crippen LogP contribution is -2.60. The lowest BCUT2D eigenvalue weighted by atomic mass is 9.99. The number of benzene rings is 2. The van der Waals surface area contributed by atoms with E-state index in [0.29, 0.717) is 5.69 Å². The van der Waals surface area contributed by atoms with Crippen LogP contribution in [0.3, 0.4) is 0 Å². The highest BCUT2D eigenvalue weighted by Gasteiger charge is 2.44. The molecule has 0 aromatic heterocycles. The van der Waals surface area contributed by atoms with E-state index in [1.165, 1.54) is 36.4 Å². The molecular formula is C19H23NO8S. The molecule has 5 atom stereocenters. The van der Waals surface area contributed by atoms with E-state index in [9.17, 15) is 28.8 Å². The molecule has 0 saturated carbocycles. The molecule has 10 heteroatoms. The maximum Gasteiger partial charge on any atom is 0.261 e. The van der Waals surface area contributed by atoms with Crippen molar-refractivity contribution < 1.29 is 38.3 Å². The van der Waals surface area contributed by atoms with Crippen LogP contribution in [0.2, 0.25) is 0 Å². The number of nitrogens with one attached hydrogen (secondary N) is 1. The van der Waals surface area contributed by atoms with Crippen LogP contribution >= 0.6 is 0 Å². The molecular weight excluding hydrogens is 402 g/mol. The summed E-state index contributed by atoms with van der Waals surface area (Å²) in [6.07, 6.45) is -6.97. The second-order valence-electron chi connectivity index (χ2n) is 6.76. The zero-order valence-corrected chi connectivity index (χ0v) is 16.4. The summed E-state index contributed by atoms with van der Waals surface area (Å²) in [6.45, 7) is 1.29. The molecule has 2 aromatic rings. The Hall–Kier alpha value is -2.21. The molecule has 0 spiro atoms. The fourth-order valence-electron chi connectivity index (χ4n) is 2.83. The predicted molar refractivity (Wildman–Crippen MR) is 103 cm³/mol. The number of aliphatic hydroxyl groups excluding tert-OH is 4. The van der Waals surface area contributed by atoms with Gasteiger partial charge in [-0.1, -0.05) is 17.7 Å². The van der Waals surface area contributed by atoms with Crippen LogP contribution in [0, 0.1) is 6.92 Å². The largest absolute Gasteiger partial charge is 0.462 e. The highest BCUT2D eigenvalue weighted by atomic mass is 32.2. The van der Waals surface area contributed by atoms with Gasteiger partial charge in [0, 0.05) is 5.69 Å². The third-order valence-corrected chi connectivity index (χ3v) is 5.94. The van der Waals surface area contributed by atoms with Gasteiger partial charge in [-0.15, -0.1) is 0 Å². The first-order valence-electron chi connectivity index (χ1n) is 8.88. The van der Waals surface area contributed by atoms with E-state index in [4.69, 9.17) is 9.47 Å². The van der Waals surface area contributed by atoms with Gasteiger partial charge in [-0.05, 0) is 43.3 Å². The Morgan fingerprint density at radius 2 is 1.59 bits per heavy atom. The number of sulfonamides is 1. The van der Waals surface area contributed by atoms with E-state index < -0.39 is 47.3 Å². The average molecular weight is 425 g/mol. The molecule has 5 N–H and O–H groups in total. The summed E-state index contributed by atoms with van der Waals surface area (Å²) in [5.74, 6) is 0.229. The molecule has 0 radical (unpaired) electrons. The van der Waals surface area contributed by atoms with Gasteiger partial charge in [0.1, 0.15) is 30.2 Å². The quantitative estimate of drug-likeness (QED) is 0.434. The van der Waals surface area contributed by atoms with Crippen molar-refractivity contribution in [2.75, 3.05) is 11.3 Å². The molecule has 5 unspecified atom stereocenters. The van der Waals surface area contributed by atoms with Gasteiger partial charge in [-0.3, -0.25) is 4.72 Å². The minimum atomic E-state index is -3.75. The van der Waals surface area contributed by atoms with Crippen molar-refractivity contribution in [3.63, 3.8) is 0 Å². The van der Waals surface area contributed by atoms with E-state index in [0.717, 1.165) is 5.56 Å². The molecule has 158 valence electrons. The third-order valence-electron chi connectivity index (χ3n) is 4.54. The Bertz CT molecular complexity index is 914. The van der Waals surface area contributed by atoms with E-state index in [1.54, 1.807) is 12.1 Å². The molecule has 29 heavy (non-hydrogen) atoms. The van der Waals surface area contributed by atoms with Gasteiger partial charge >= 0.3 is 0 Å². The van der Waals surface area contributed by atoms with Crippen molar-refractivity contribution in [1.29, 1.82) is 0 Å². The van der Waals surface area contributed by atoms with Crippen LogP contribution in [0.5, 0.6) is 5.75 Å². The van der Waals surface area contributed by atoms with E-state index in [1.807, 2.05) is 6.92 Å². The maximum atomic E-state index is 12.4. The molecule has 1 aliphatic rings. The number of hydrogen-bond donors (Lipinski definition) is 5. The Morgan fingerprint density at radius 3 is 2.17 bits per heavy atom. The van der Waals surface area contributed by atoms with Crippen LogP contribution in [0.4, 0.5) is 5.69 Å². The second kappa shape index (κ2) is 8.66. The zero-order chi connectivity index (χ0) is 21.2. The Morgan fingerprint density at radius 1 is 0.966 bits per heavy atom. The monoisotopic (exact) mass is 425 g/mol. The Labute approximate surface area is 168 Å². The summed E-state index contributed by atoms with van der Waals surface area (Å²) < 4.78 is 38.0. The molecule has 9 nitrogen and oxygen atoms in total. The van der Waals surface area contributed by atoms with Crippen molar-refractivity contribution >= 4 is 15.7 Å². The fraction of sp³-hybridized carbons (Fsp3) is 0.368. The number of ether oxygens (including phenoxy) is 2. The molecule has 1 saturated heterocycles. The van der Waals surface area contributed by atoms with Gasteiger partial charge in [0.15, 0.2) is 0 Å². The average Bonchev–Trinajstić information content (AvgIpc) is 2.70. The van der Waals surface area contributed by atoms with E-state index in [-0.39, 0.29) is 10.6 Å². The highest BCUT2D eigenvalue weighted by Crippen LogP contribution is 2.26. The Kier molecular flexibility index (Phi) is 6.42. The van der Waals surface area contributed by atoms with Crippen LogP contribution in [0.15, 0.2) is 53.4 Å². The van der Waals surface area contributed by atoms with E-state index >= 15 is 0 Å². The number of aryl methyl sites for hydroxylation is 1. The lowest BCUT2D eigenvalue weighted by Gasteiger charge is -2.39. The van der Waals surface area contributed by atoms with Gasteiger partial charge in [0.25, 0.3) is 10.0 Å². The number of anilines is 1. The molecule has 2 aromatic carbocycles. The van der Waals surface area contributed by atoms with Crippen LogP contribution in [-0.2, 0) is 14.8 Å². The first kappa shape index (κ1) is 21.5. The minimum absolute atomic E-state index is 0.129. The number of hydrogen-bond acceptors (Lipinski definition) is 8. The van der Waals surface area contributed by atoms with Crippen LogP contribution in [-0.4, -0.2) is 66.2 Å². The highest BCUT2D eigenvalue weighted by molar-refractivity contribution is 7.92. The van der Waals surface area contributed by atoms with Crippen molar-refractivity contribution in [3.8, 4) is 5.75 Å². The SMILES string of the molecule is Cc1ccc(S(=O)(=O)Nc2ccc(OC3OC(CO)C(O)C(O)C3O)cc2)cc1. The normalized spacial score (nSPS) is 27.4. The summed E-state index contributed by atoms with van der Waals surface area (Å²) >= 11 is 0. The smallest absolute Gasteiger partial charge is 0.261 e. The molecule has 0 bridgehead atoms. The molecule has 0 amide bonds. The maximum absolute atomic E-state index is 12.4. The topological polar surface area (TPSA) is 146 Å². The van der Waals surface area contributed by atoms with Gasteiger partial charge in [0.2, 0.25) is 6.29 Å². The van der Waals surface area contributed by atoms with Crippen LogP contribution < -0.4 is 9.46 Å². The first-order valence-corrected chi connectivity index (χ1v) is 10.4. The summed E-state index contributed by atoms with van der Waals surface area (Å²) in [4.78, 5) is 0.129. The van der Waals surface area contributed by atoms with E-state index in [2.05, 4.69) is 4.72 Å². The second-order valence-corrected chi connectivity index (χ2v) is 8.44. The van der Waals surface area contributed by atoms with Gasteiger partial charge < -0.3 is 29.9 Å². The van der Waals surface area contributed by atoms with Crippen molar-refractivity contribution in [2.45, 2.75) is 42.5 Å². The standard InChI is InChI=1S/C19H23NO8S/c1-11-2-8-14(9-3-11)29(25,26)20-12-4-6-13(7-5-12)27-19-18(24)17(23)16(22)15(10-21)28-19/h2-9,15-24H,10H2,1H3. The summed E-state index contributed by atoms with van der Waals surface area (Å²) in [5.41, 5.74) is 1.24. The number of aliphatic hydroxyl groups is 4. The molecule has 0 aliphatic carbocycles. The number of rotatable bonds is 6. The van der Waals surface area contributed by atoms with Crippen molar-refractivity contribution in [3.05, 3.63) is 54.1 Å². The van der Waals surface area contributed by atoms with Gasteiger partial charge in [0.05, 0.1) is 11.5 Å². The Balaban J connectivity index is 1.68. The third kappa shape index (κ3) is 4.86. The molecule has 1 fully saturated rings. The van der Waals surface area contributed by atoms with Crippen molar-refractivity contribution in [1.82, 2.24) is 0 Å². The van der Waals surface area contributed by atoms with Gasteiger partial charge in [-0.25, -0.2) is 8.42 Å². The summed E-state index contributed by atoms with van der Waals surface area (Å²) in [5, 5.41) is 38.8. The predicted octanol–water partition coefficient (Wildman–Crippen LogP) is -0.0255. The lowest BCUT2D eigenvalue weighted by molar-refractivity contribution is -0.277. The van der Waals surface area contributed by atoms with Gasteiger partial charge in [-0.2, -0.15) is 0 Å². The minimum Gasteiger partial charge on any atom is -0.462 e. The molecule has 1 aliphatic heterocycles. The zero-order valence-electron chi connectivity index (χ0n) is 15.5. The summed E-state index contributed by atoms with van der Waals surface area (Å²) in [7, 11) is -3.75. The van der Waals surface area contributed by atoms with Crippen LogP contribution in [0.1, 0.15) is 5.56 Å². The summed E-state index contributed by atoms with van der Waals surface area (Å²) in [6, 6.07) is 12.2. The molecule has 1 heterocycles. The van der Waals surface area contributed by atoms with Crippen molar-refractivity contribution in [2.24, 2.45) is 0 Å².